The van der Waals surface area contributed by atoms with Gasteiger partial charge in [0.25, 0.3) is 11.8 Å². The maximum Gasteiger partial charge on any atom is 0.271 e. The number of hydrogen-bond acceptors (Lipinski definition) is 6. The smallest absolute Gasteiger partial charge is 0.271 e. The zero-order valence-corrected chi connectivity index (χ0v) is 23.6. The second-order valence-corrected chi connectivity index (χ2v) is 10.2. The first-order valence-electron chi connectivity index (χ1n) is 13.2. The van der Waals surface area contributed by atoms with Crippen molar-refractivity contribution < 1.29 is 19.1 Å². The predicted molar refractivity (Wildman–Crippen MR) is 166 cm³/mol. The molecule has 0 atom stereocenters. The van der Waals surface area contributed by atoms with Crippen molar-refractivity contribution in [2.45, 2.75) is 13.8 Å². The third kappa shape index (κ3) is 7.04. The highest BCUT2D eigenvalue weighted by atomic mass is 32.2. The van der Waals surface area contributed by atoms with Gasteiger partial charge in [-0.05, 0) is 91.3 Å². The van der Waals surface area contributed by atoms with Crippen molar-refractivity contribution in [3.05, 3.63) is 119 Å². The van der Waals surface area contributed by atoms with Gasteiger partial charge in [0, 0.05) is 5.69 Å². The van der Waals surface area contributed by atoms with E-state index in [0.717, 1.165) is 22.5 Å². The quantitative estimate of drug-likeness (QED) is 0.218. The number of benzene rings is 4. The Morgan fingerprint density at radius 3 is 2.39 bits per heavy atom. The maximum absolute atomic E-state index is 13.6. The molecule has 0 aromatic heterocycles. The average molecular weight is 564 g/mol. The van der Waals surface area contributed by atoms with E-state index in [-0.39, 0.29) is 18.4 Å². The summed E-state index contributed by atoms with van der Waals surface area (Å²) < 4.78 is 11.6. The Labute approximate surface area is 243 Å². The Kier molecular flexibility index (Phi) is 8.81. The van der Waals surface area contributed by atoms with Gasteiger partial charge < -0.3 is 14.8 Å². The predicted octanol–water partition coefficient (Wildman–Crippen LogP) is 7.22. The summed E-state index contributed by atoms with van der Waals surface area (Å²) in [6.45, 7) is 4.08. The van der Waals surface area contributed by atoms with Crippen LogP contribution in [-0.4, -0.2) is 30.2 Å². The topological polar surface area (TPSA) is 80.2 Å². The Balaban J connectivity index is 1.37. The van der Waals surface area contributed by atoms with Crippen LogP contribution in [0.4, 0.5) is 17.1 Å². The first-order valence-corrected chi connectivity index (χ1v) is 14.0. The summed E-state index contributed by atoms with van der Waals surface area (Å²) in [7, 11) is 0. The number of nitrogens with zero attached hydrogens (tertiary/aromatic N) is 2. The van der Waals surface area contributed by atoms with Crippen LogP contribution in [0.5, 0.6) is 11.5 Å². The van der Waals surface area contributed by atoms with Gasteiger partial charge in [-0.15, -0.1) is 0 Å². The average Bonchev–Trinajstić information content (AvgIpc) is 3.27. The van der Waals surface area contributed by atoms with E-state index in [0.29, 0.717) is 33.9 Å². The lowest BCUT2D eigenvalue weighted by Gasteiger charge is -2.15. The van der Waals surface area contributed by atoms with Gasteiger partial charge in [-0.1, -0.05) is 54.6 Å². The van der Waals surface area contributed by atoms with E-state index in [1.165, 1.54) is 11.8 Å². The first kappa shape index (κ1) is 27.7. The van der Waals surface area contributed by atoms with Gasteiger partial charge in [-0.2, -0.15) is 0 Å². The summed E-state index contributed by atoms with van der Waals surface area (Å²) in [5.74, 6) is 0.486. The van der Waals surface area contributed by atoms with Crippen LogP contribution in [0.3, 0.4) is 0 Å². The van der Waals surface area contributed by atoms with E-state index in [1.807, 2.05) is 111 Å². The third-order valence-corrected chi connectivity index (χ3v) is 7.00. The Morgan fingerprint density at radius 1 is 0.902 bits per heavy atom. The van der Waals surface area contributed by atoms with Crippen molar-refractivity contribution >= 4 is 51.9 Å². The normalized spacial score (nSPS) is 14.9. The summed E-state index contributed by atoms with van der Waals surface area (Å²) in [4.78, 5) is 33.0. The van der Waals surface area contributed by atoms with Crippen molar-refractivity contribution in [2.24, 2.45) is 4.99 Å². The molecule has 0 radical (unpaired) electrons. The number of amides is 2. The van der Waals surface area contributed by atoms with Crippen LogP contribution in [-0.2, 0) is 9.59 Å². The fourth-order valence-corrected chi connectivity index (χ4v) is 5.18. The fourth-order valence-electron chi connectivity index (χ4n) is 4.18. The molecular weight excluding hydrogens is 534 g/mol. The molecule has 0 spiro atoms. The fraction of sp³-hybridized carbons (Fsp3) is 0.121. The maximum atomic E-state index is 13.6. The zero-order chi connectivity index (χ0) is 28.6. The number of para-hydroxylation sites is 2. The molecular formula is C33H29N3O4S. The van der Waals surface area contributed by atoms with Crippen LogP contribution in [0, 0.1) is 6.92 Å². The second-order valence-electron chi connectivity index (χ2n) is 9.16. The molecule has 0 unspecified atom stereocenters. The van der Waals surface area contributed by atoms with Crippen molar-refractivity contribution in [3.8, 4) is 11.5 Å². The molecule has 1 saturated heterocycles. The van der Waals surface area contributed by atoms with Crippen LogP contribution < -0.4 is 19.7 Å². The molecule has 8 heteroatoms. The van der Waals surface area contributed by atoms with Crippen molar-refractivity contribution in [1.82, 2.24) is 0 Å². The summed E-state index contributed by atoms with van der Waals surface area (Å²) in [6.07, 6.45) is 1.81. The standard InChI is InChI=1S/C33H29N3O4S/c1-3-39-29-20-24(17-18-28(29)40-22-31(37)34-26-14-10-11-23(2)19-26)21-30-32(38)36(27-15-8-5-9-16-27)33(41-30)35-25-12-6-4-7-13-25/h4-21H,3,22H2,1-2H3,(H,34,37)/b30-21-,35-33?. The molecule has 0 aliphatic carbocycles. The number of carbonyl (C=O) groups excluding carboxylic acids is 2. The lowest BCUT2D eigenvalue weighted by molar-refractivity contribution is -0.118. The number of aliphatic imine (C=N–C) groups is 1. The summed E-state index contributed by atoms with van der Waals surface area (Å²) in [5, 5.41) is 3.41. The van der Waals surface area contributed by atoms with E-state index in [2.05, 4.69) is 5.32 Å². The van der Waals surface area contributed by atoms with Crippen molar-refractivity contribution in [1.29, 1.82) is 0 Å². The van der Waals surface area contributed by atoms with Crippen molar-refractivity contribution in [3.63, 3.8) is 0 Å². The number of thioether (sulfide) groups is 1. The number of aryl methyl sites for hydroxylation is 1. The molecule has 206 valence electrons. The van der Waals surface area contributed by atoms with E-state index < -0.39 is 0 Å². The number of rotatable bonds is 9. The minimum Gasteiger partial charge on any atom is -0.490 e. The molecule has 4 aromatic carbocycles. The third-order valence-electron chi connectivity index (χ3n) is 6.03. The highest BCUT2D eigenvalue weighted by Crippen LogP contribution is 2.38. The second kappa shape index (κ2) is 13.0. The van der Waals surface area contributed by atoms with E-state index in [4.69, 9.17) is 14.5 Å². The SMILES string of the molecule is CCOc1cc(/C=C2\SC(=Nc3ccccc3)N(c3ccccc3)C2=O)ccc1OCC(=O)Nc1cccc(C)c1. The van der Waals surface area contributed by atoms with Gasteiger partial charge in [-0.3, -0.25) is 14.5 Å². The van der Waals surface area contributed by atoms with E-state index >= 15 is 0 Å². The monoisotopic (exact) mass is 563 g/mol. The molecule has 1 fully saturated rings. The molecule has 7 nitrogen and oxygen atoms in total. The minimum absolute atomic E-state index is 0.165. The van der Waals surface area contributed by atoms with Gasteiger partial charge >= 0.3 is 0 Å². The van der Waals surface area contributed by atoms with Gasteiger partial charge in [-0.25, -0.2) is 4.99 Å². The van der Waals surface area contributed by atoms with Crippen LogP contribution in [0.1, 0.15) is 18.1 Å². The van der Waals surface area contributed by atoms with E-state index in [9.17, 15) is 9.59 Å². The molecule has 1 aliphatic heterocycles. The molecule has 41 heavy (non-hydrogen) atoms. The van der Waals surface area contributed by atoms with Gasteiger partial charge in [0.15, 0.2) is 23.3 Å². The summed E-state index contributed by atoms with van der Waals surface area (Å²) in [5.41, 5.74) is 4.03. The van der Waals surface area contributed by atoms with Crippen LogP contribution in [0.25, 0.3) is 6.08 Å². The minimum atomic E-state index is -0.275. The number of hydrogen-bond donors (Lipinski definition) is 1. The Hall–Kier alpha value is -4.82. The lowest BCUT2D eigenvalue weighted by Crippen LogP contribution is -2.28. The number of anilines is 2. The van der Waals surface area contributed by atoms with Gasteiger partial charge in [0.2, 0.25) is 0 Å². The molecule has 1 N–H and O–H groups in total. The molecule has 1 aliphatic rings. The highest BCUT2D eigenvalue weighted by Gasteiger charge is 2.34. The number of nitrogens with one attached hydrogen (secondary N) is 1. The number of carbonyl (C=O) groups is 2. The summed E-state index contributed by atoms with van der Waals surface area (Å²) in [6, 6.07) is 32.0. The largest absolute Gasteiger partial charge is 0.490 e. The molecule has 4 aromatic rings. The molecule has 1 heterocycles. The van der Waals surface area contributed by atoms with E-state index in [1.54, 1.807) is 17.0 Å². The lowest BCUT2D eigenvalue weighted by atomic mass is 10.1. The van der Waals surface area contributed by atoms with Crippen molar-refractivity contribution in [2.75, 3.05) is 23.4 Å². The first-order chi connectivity index (χ1) is 20.0. The number of amidine groups is 1. The Morgan fingerprint density at radius 2 is 1.66 bits per heavy atom. The Bertz CT molecular complexity index is 1600. The van der Waals surface area contributed by atoms with Crippen LogP contribution in [0.2, 0.25) is 0 Å². The summed E-state index contributed by atoms with van der Waals surface area (Å²) >= 11 is 1.31. The highest BCUT2D eigenvalue weighted by molar-refractivity contribution is 8.19. The van der Waals surface area contributed by atoms with Gasteiger partial charge in [0.05, 0.1) is 22.9 Å². The van der Waals surface area contributed by atoms with Gasteiger partial charge in [0.1, 0.15) is 0 Å². The van der Waals surface area contributed by atoms with Crippen LogP contribution in [0.15, 0.2) is 113 Å². The molecule has 5 rings (SSSR count). The zero-order valence-electron chi connectivity index (χ0n) is 22.7. The molecule has 0 bridgehead atoms. The number of ether oxygens (including phenoxy) is 2. The van der Waals surface area contributed by atoms with Crippen LogP contribution >= 0.6 is 11.8 Å². The molecule has 2 amide bonds. The molecule has 0 saturated carbocycles.